The zero-order chi connectivity index (χ0) is 21.4. The van der Waals surface area contributed by atoms with E-state index in [0.717, 1.165) is 0 Å². The first-order valence-corrected chi connectivity index (χ1v) is 15.6. The molecule has 0 N–H and O–H groups in total. The minimum atomic E-state index is -1.89. The summed E-state index contributed by atoms with van der Waals surface area (Å²) in [6, 6.07) is 56.7. The van der Waals surface area contributed by atoms with Crippen LogP contribution in [0.25, 0.3) is 0 Å². The van der Waals surface area contributed by atoms with Crippen molar-refractivity contribution in [3.63, 3.8) is 0 Å². The van der Waals surface area contributed by atoms with Crippen LogP contribution in [0.15, 0.2) is 164 Å². The molecule has 4 heteroatoms. The molecular weight excluding hydrogens is 737 g/mol. The quantitative estimate of drug-likeness (QED) is 0.164. The standard InChI is InChI=1S/3C5H5.3C5H4.Bi.3Fe/c6*1-2-4-5-3-1;;;;/h3*1-5H;3*1-4H;;;;/q6*-1;;3*+2. The van der Waals surface area contributed by atoms with Crippen LogP contribution in [0.5, 0.6) is 0 Å². The van der Waals surface area contributed by atoms with Crippen LogP contribution in [0.1, 0.15) is 0 Å². The second-order valence-electron chi connectivity index (χ2n) is 6.65. The van der Waals surface area contributed by atoms with E-state index in [-0.39, 0.29) is 51.2 Å². The fourth-order valence-corrected chi connectivity index (χ4v) is 11.9. The van der Waals surface area contributed by atoms with Gasteiger partial charge in [-0.2, -0.15) is 54.6 Å². The van der Waals surface area contributed by atoms with Gasteiger partial charge in [0.05, 0.1) is 0 Å². The zero-order valence-corrected chi connectivity index (χ0v) is 25.4. The molecule has 0 atom stereocenters. The summed E-state index contributed by atoms with van der Waals surface area (Å²) in [6.45, 7) is 0. The first-order chi connectivity index (χ1) is 15.4. The van der Waals surface area contributed by atoms with Gasteiger partial charge in [-0.15, -0.1) is 0 Å². The molecule has 0 amide bonds. The predicted molar refractivity (Wildman–Crippen MR) is 137 cm³/mol. The Labute approximate surface area is 244 Å². The van der Waals surface area contributed by atoms with Crippen molar-refractivity contribution in [2.75, 3.05) is 0 Å². The van der Waals surface area contributed by atoms with Crippen molar-refractivity contribution < 1.29 is 51.2 Å². The Morgan fingerprint density at radius 3 is 0.676 bits per heavy atom. The Morgan fingerprint density at radius 2 is 0.529 bits per heavy atom. The zero-order valence-electron chi connectivity index (χ0n) is 18.6. The van der Waals surface area contributed by atoms with Crippen LogP contribution in [0.4, 0.5) is 0 Å². The Hall–Kier alpha value is -1.46. The molecule has 0 aromatic heterocycles. The van der Waals surface area contributed by atoms with Gasteiger partial charge < -0.3 is 0 Å². The fraction of sp³-hybridized carbons (Fsp3) is 0. The summed E-state index contributed by atoms with van der Waals surface area (Å²) in [4.78, 5) is 0. The van der Waals surface area contributed by atoms with E-state index in [1.54, 1.807) is 9.81 Å². The third-order valence-corrected chi connectivity index (χ3v) is 13.9. The van der Waals surface area contributed by atoms with E-state index in [4.69, 9.17) is 0 Å². The average molecular weight is 764 g/mol. The van der Waals surface area contributed by atoms with E-state index < -0.39 is 21.8 Å². The van der Waals surface area contributed by atoms with Crippen molar-refractivity contribution in [3.8, 4) is 0 Å². The second kappa shape index (κ2) is 20.9. The molecule has 0 nitrogen and oxygen atoms in total. The topological polar surface area (TPSA) is 0 Å². The monoisotopic (exact) mass is 764 g/mol. The van der Waals surface area contributed by atoms with Crippen molar-refractivity contribution in [2.24, 2.45) is 0 Å². The van der Waals surface area contributed by atoms with Gasteiger partial charge in [0.2, 0.25) is 0 Å². The third kappa shape index (κ3) is 12.3. The molecule has 0 aliphatic carbocycles. The van der Waals surface area contributed by atoms with Crippen LogP contribution in [0, 0.1) is 0 Å². The van der Waals surface area contributed by atoms with E-state index >= 15 is 0 Å². The van der Waals surface area contributed by atoms with Gasteiger partial charge >= 0.3 is 156 Å². The molecule has 0 unspecified atom stereocenters. The third-order valence-electron chi connectivity index (χ3n) is 4.38. The summed E-state index contributed by atoms with van der Waals surface area (Å²) in [5, 5.41) is 0. The van der Waals surface area contributed by atoms with Crippen molar-refractivity contribution in [1.29, 1.82) is 0 Å². The van der Waals surface area contributed by atoms with Gasteiger partial charge in [0.15, 0.2) is 0 Å². The Kier molecular flexibility index (Phi) is 20.0. The Balaban J connectivity index is 0.000000501. The van der Waals surface area contributed by atoms with Crippen LogP contribution in [-0.2, 0) is 51.2 Å². The molecule has 0 heterocycles. The molecule has 0 aliphatic heterocycles. The first kappa shape index (κ1) is 32.5. The molecule has 0 radical (unpaired) electrons. The summed E-state index contributed by atoms with van der Waals surface area (Å²) < 4.78 is 4.73. The molecule has 0 aliphatic rings. The number of hydrogen-bond acceptors (Lipinski definition) is 0. The van der Waals surface area contributed by atoms with Gasteiger partial charge in [0.1, 0.15) is 0 Å². The maximum atomic E-state index is 2.29. The average Bonchev–Trinajstić information content (AvgIpc) is 3.70. The molecule has 6 aromatic rings. The van der Waals surface area contributed by atoms with Crippen molar-refractivity contribution in [2.45, 2.75) is 0 Å². The van der Waals surface area contributed by atoms with Crippen LogP contribution in [-0.4, -0.2) is 21.8 Å². The van der Waals surface area contributed by atoms with E-state index in [9.17, 15) is 0 Å². The van der Waals surface area contributed by atoms with Crippen LogP contribution < -0.4 is 9.81 Å². The van der Waals surface area contributed by atoms with Gasteiger partial charge in [-0.1, -0.05) is 0 Å². The molecule has 0 spiro atoms. The van der Waals surface area contributed by atoms with E-state index in [1.165, 1.54) is 0 Å². The van der Waals surface area contributed by atoms with Crippen molar-refractivity contribution in [1.82, 2.24) is 0 Å². The minimum absolute atomic E-state index is 0. The number of rotatable bonds is 3. The largest absolute Gasteiger partial charge is 0.214 e. The molecule has 0 saturated heterocycles. The van der Waals surface area contributed by atoms with Gasteiger partial charge in [-0.3, -0.25) is 0 Å². The van der Waals surface area contributed by atoms with Gasteiger partial charge in [-0.05, 0) is 0 Å². The normalized spacial score (nSPS) is 8.74. The second-order valence-corrected chi connectivity index (χ2v) is 15.3. The maximum absolute atomic E-state index is 2.29. The molecule has 0 fully saturated rings. The van der Waals surface area contributed by atoms with Crippen LogP contribution >= 0.6 is 0 Å². The fourth-order valence-electron chi connectivity index (χ4n) is 2.95. The summed E-state index contributed by atoms with van der Waals surface area (Å²) in [5.41, 5.74) is 0. The van der Waals surface area contributed by atoms with E-state index in [0.29, 0.717) is 0 Å². The minimum Gasteiger partial charge on any atom is -0.214 e. The SMILES string of the molecule is [Fe+2].[Fe+2].[Fe+2].c1cc[c-]([Bi]([c-]2cccc2)[c-]2cccc2)c1.c1cc[cH-]c1.c1cc[cH-]c1.c1cc[cH-]c1. The molecule has 0 bridgehead atoms. The molecule has 34 heavy (non-hydrogen) atoms. The maximum Gasteiger partial charge on any atom is -0.172 e. The summed E-state index contributed by atoms with van der Waals surface area (Å²) in [7, 11) is 0. The molecular formula is C30H27BiFe3. The molecule has 176 valence electrons. The molecule has 0 saturated carbocycles. The van der Waals surface area contributed by atoms with Crippen molar-refractivity contribution in [3.05, 3.63) is 164 Å². The Morgan fingerprint density at radius 1 is 0.324 bits per heavy atom. The van der Waals surface area contributed by atoms with Crippen molar-refractivity contribution >= 4 is 31.6 Å². The van der Waals surface area contributed by atoms with Crippen LogP contribution in [0.3, 0.4) is 0 Å². The van der Waals surface area contributed by atoms with Gasteiger partial charge in [0, 0.05) is 0 Å². The molecule has 6 aromatic carbocycles. The van der Waals surface area contributed by atoms with Gasteiger partial charge in [0.25, 0.3) is 0 Å². The Bertz CT molecular complexity index is 857. The number of hydrogen-bond donors (Lipinski definition) is 0. The summed E-state index contributed by atoms with van der Waals surface area (Å²) in [6.07, 6.45) is 0. The first-order valence-electron chi connectivity index (χ1n) is 10.4. The summed E-state index contributed by atoms with van der Waals surface area (Å²) >= 11 is -1.89. The predicted octanol–water partition coefficient (Wildman–Crippen LogP) is 5.57. The van der Waals surface area contributed by atoms with Gasteiger partial charge in [-0.25, -0.2) is 36.4 Å². The smallest absolute Gasteiger partial charge is 0.172 e. The van der Waals surface area contributed by atoms with E-state index in [2.05, 4.69) is 72.8 Å². The summed E-state index contributed by atoms with van der Waals surface area (Å²) in [5.74, 6) is 0. The molecule has 6 rings (SSSR count). The van der Waals surface area contributed by atoms with Crippen LogP contribution in [0.2, 0.25) is 0 Å². The van der Waals surface area contributed by atoms with E-state index in [1.807, 2.05) is 91.0 Å².